The first-order valence-electron chi connectivity index (χ1n) is 13.9. The maximum Gasteiger partial charge on any atom is 0.410 e. The van der Waals surface area contributed by atoms with Crippen molar-refractivity contribution in [3.63, 3.8) is 0 Å². The fourth-order valence-corrected chi connectivity index (χ4v) is 5.51. The monoisotopic (exact) mass is 553 g/mol. The molecule has 8 nitrogen and oxygen atoms in total. The Morgan fingerprint density at radius 1 is 1.03 bits per heavy atom. The standard InChI is InChI=1S/C30H43N3O5Si/c1-20(24-14-15-25(36-24)38-39(8,9)30(5,6)7)33-23-13-11-10-12-22(23)31-27(33)26(34)21-16-18-32(19-17-21)28(35)37-29(2,3)4/h10-15,20-21H,16-19H2,1-9H3. The lowest BCUT2D eigenvalue weighted by atomic mass is 9.92. The number of furan rings is 1. The van der Waals surface area contributed by atoms with Crippen molar-refractivity contribution in [3.05, 3.63) is 48.0 Å². The molecule has 1 saturated heterocycles. The van der Waals surface area contributed by atoms with Crippen LogP contribution in [-0.4, -0.2) is 53.3 Å². The number of hydrogen-bond donors (Lipinski definition) is 0. The number of Topliss-reactive ketones (excluding diaryl/α,β-unsaturated/α-hetero) is 1. The number of likely N-dealkylation sites (tertiary alicyclic amines) is 1. The molecule has 1 aliphatic heterocycles. The lowest BCUT2D eigenvalue weighted by Gasteiger charge is -2.35. The van der Waals surface area contributed by atoms with E-state index in [-0.39, 0.29) is 28.9 Å². The number of para-hydroxylation sites is 2. The maximum absolute atomic E-state index is 13.9. The van der Waals surface area contributed by atoms with Crippen LogP contribution in [0.25, 0.3) is 11.0 Å². The zero-order valence-electron chi connectivity index (χ0n) is 24.8. The van der Waals surface area contributed by atoms with Gasteiger partial charge >= 0.3 is 6.09 Å². The van der Waals surface area contributed by atoms with Gasteiger partial charge < -0.3 is 23.0 Å². The van der Waals surface area contributed by atoms with Crippen molar-refractivity contribution in [3.8, 4) is 5.95 Å². The van der Waals surface area contributed by atoms with Crippen LogP contribution in [0.5, 0.6) is 5.95 Å². The number of carbonyl (C=O) groups excluding carboxylic acids is 2. The number of benzene rings is 1. The second-order valence-electron chi connectivity index (χ2n) is 13.1. The van der Waals surface area contributed by atoms with E-state index in [1.165, 1.54) is 0 Å². The molecule has 0 radical (unpaired) electrons. The predicted octanol–water partition coefficient (Wildman–Crippen LogP) is 7.45. The van der Waals surface area contributed by atoms with E-state index in [1.54, 1.807) is 4.90 Å². The molecule has 1 unspecified atom stereocenters. The Morgan fingerprint density at radius 3 is 2.28 bits per heavy atom. The summed E-state index contributed by atoms with van der Waals surface area (Å²) in [5.74, 6) is 1.41. The third-order valence-electron chi connectivity index (χ3n) is 7.90. The fourth-order valence-electron chi connectivity index (χ4n) is 4.59. The Morgan fingerprint density at radius 2 is 1.67 bits per heavy atom. The molecule has 4 rings (SSSR count). The number of ketones is 1. The highest BCUT2D eigenvalue weighted by atomic mass is 28.4. The number of rotatable bonds is 6. The summed E-state index contributed by atoms with van der Waals surface area (Å²) in [4.78, 5) is 32.8. The van der Waals surface area contributed by atoms with Crippen LogP contribution in [-0.2, 0) is 4.74 Å². The van der Waals surface area contributed by atoms with Gasteiger partial charge in [-0.25, -0.2) is 9.78 Å². The van der Waals surface area contributed by atoms with Gasteiger partial charge in [0.15, 0.2) is 5.82 Å². The Kier molecular flexibility index (Phi) is 7.77. The molecule has 3 aromatic rings. The second kappa shape index (κ2) is 10.5. The number of hydrogen-bond acceptors (Lipinski definition) is 6. The fraction of sp³-hybridized carbons (Fsp3) is 0.567. The molecule has 39 heavy (non-hydrogen) atoms. The van der Waals surface area contributed by atoms with E-state index < -0.39 is 13.9 Å². The third-order valence-corrected chi connectivity index (χ3v) is 12.2. The van der Waals surface area contributed by atoms with E-state index in [0.717, 1.165) is 11.0 Å². The van der Waals surface area contributed by atoms with Gasteiger partial charge in [-0.3, -0.25) is 4.79 Å². The van der Waals surface area contributed by atoms with Gasteiger partial charge in [0.2, 0.25) is 5.78 Å². The topological polar surface area (TPSA) is 86.8 Å². The van der Waals surface area contributed by atoms with Crippen LogP contribution < -0.4 is 4.43 Å². The lowest BCUT2D eigenvalue weighted by molar-refractivity contribution is 0.0181. The van der Waals surface area contributed by atoms with Crippen molar-refractivity contribution in [2.24, 2.45) is 5.92 Å². The number of aromatic nitrogens is 2. The molecule has 0 saturated carbocycles. The van der Waals surface area contributed by atoms with E-state index in [1.807, 2.05) is 68.7 Å². The number of nitrogens with zero attached hydrogens (tertiary/aromatic N) is 3. The Hall–Kier alpha value is -3.07. The minimum Gasteiger partial charge on any atom is -0.519 e. The lowest BCUT2D eigenvalue weighted by Crippen LogP contribution is -2.43. The van der Waals surface area contributed by atoms with Gasteiger partial charge in [0, 0.05) is 25.1 Å². The molecule has 3 heterocycles. The van der Waals surface area contributed by atoms with Gasteiger partial charge in [-0.2, -0.15) is 0 Å². The molecule has 0 aliphatic carbocycles. The summed E-state index contributed by atoms with van der Waals surface area (Å²) in [6.45, 7) is 19.5. The van der Waals surface area contributed by atoms with Crippen molar-refractivity contribution < 1.29 is 23.2 Å². The molecule has 1 amide bonds. The molecule has 0 bridgehead atoms. The second-order valence-corrected chi connectivity index (χ2v) is 17.8. The smallest absolute Gasteiger partial charge is 0.410 e. The largest absolute Gasteiger partial charge is 0.519 e. The van der Waals surface area contributed by atoms with Crippen molar-refractivity contribution >= 4 is 31.2 Å². The average molecular weight is 554 g/mol. The third kappa shape index (κ3) is 6.24. The summed E-state index contributed by atoms with van der Waals surface area (Å²) < 4.78 is 20.1. The summed E-state index contributed by atoms with van der Waals surface area (Å²) in [5.41, 5.74) is 1.10. The molecule has 1 fully saturated rings. The maximum atomic E-state index is 13.9. The van der Waals surface area contributed by atoms with Gasteiger partial charge in [-0.15, -0.1) is 0 Å². The Labute approximate surface area is 232 Å². The van der Waals surface area contributed by atoms with Crippen molar-refractivity contribution in [1.29, 1.82) is 0 Å². The molecular weight excluding hydrogens is 510 g/mol. The predicted molar refractivity (Wildman–Crippen MR) is 155 cm³/mol. The Bertz CT molecular complexity index is 1340. The van der Waals surface area contributed by atoms with Crippen LogP contribution in [0.15, 0.2) is 40.8 Å². The molecule has 1 aliphatic rings. The highest BCUT2D eigenvalue weighted by Gasteiger charge is 2.40. The number of carbonyl (C=O) groups is 2. The zero-order chi connectivity index (χ0) is 28.8. The van der Waals surface area contributed by atoms with Crippen LogP contribution in [0, 0.1) is 5.92 Å². The van der Waals surface area contributed by atoms with Crippen LogP contribution in [0.2, 0.25) is 18.1 Å². The first kappa shape index (κ1) is 28.9. The number of fused-ring (bicyclic) bond motifs is 1. The van der Waals surface area contributed by atoms with Crippen molar-refractivity contribution in [2.45, 2.75) is 91.1 Å². The highest BCUT2D eigenvalue weighted by molar-refractivity contribution is 6.74. The zero-order valence-corrected chi connectivity index (χ0v) is 25.8. The average Bonchev–Trinajstić information content (AvgIpc) is 3.46. The first-order valence-corrected chi connectivity index (χ1v) is 16.8. The van der Waals surface area contributed by atoms with E-state index in [4.69, 9.17) is 18.6 Å². The van der Waals surface area contributed by atoms with Crippen LogP contribution in [0.3, 0.4) is 0 Å². The summed E-state index contributed by atoms with van der Waals surface area (Å²) in [7, 11) is -2.06. The van der Waals surface area contributed by atoms with Crippen LogP contribution in [0.1, 0.15) is 83.7 Å². The molecule has 0 N–H and O–H groups in total. The van der Waals surface area contributed by atoms with Crippen molar-refractivity contribution in [1.82, 2.24) is 14.5 Å². The number of ether oxygens (including phenoxy) is 1. The molecule has 2 aromatic heterocycles. The minimum atomic E-state index is -2.06. The number of piperidine rings is 1. The van der Waals surface area contributed by atoms with Gasteiger partial charge in [0.1, 0.15) is 11.4 Å². The number of imidazole rings is 1. The van der Waals surface area contributed by atoms with Gasteiger partial charge in [-0.1, -0.05) is 32.9 Å². The normalized spacial score (nSPS) is 16.4. The summed E-state index contributed by atoms with van der Waals surface area (Å²) in [6, 6.07) is 11.3. The Balaban J connectivity index is 1.57. The van der Waals surface area contributed by atoms with E-state index >= 15 is 0 Å². The van der Waals surface area contributed by atoms with E-state index in [0.29, 0.717) is 43.5 Å². The SMILES string of the molecule is CC(c1ccc(O[Si](C)(C)C(C)(C)C)o1)n1c(C(=O)C2CCN(C(=O)OC(C)(C)C)CC2)nc2ccccc21. The molecule has 0 spiro atoms. The van der Waals surface area contributed by atoms with Crippen molar-refractivity contribution in [2.75, 3.05) is 13.1 Å². The van der Waals surface area contributed by atoms with Gasteiger partial charge in [0.25, 0.3) is 14.3 Å². The van der Waals surface area contributed by atoms with Gasteiger partial charge in [-0.05, 0) is 76.9 Å². The van der Waals surface area contributed by atoms with Crippen LogP contribution in [0.4, 0.5) is 4.79 Å². The van der Waals surface area contributed by atoms with E-state index in [9.17, 15) is 9.59 Å². The summed E-state index contributed by atoms with van der Waals surface area (Å²) >= 11 is 0. The number of amides is 1. The quantitative estimate of drug-likeness (QED) is 0.233. The first-order chi connectivity index (χ1) is 18.1. The minimum absolute atomic E-state index is 0.00816. The molecule has 9 heteroatoms. The van der Waals surface area contributed by atoms with E-state index in [2.05, 4.69) is 33.9 Å². The summed E-state index contributed by atoms with van der Waals surface area (Å²) in [5, 5.41) is 0.0464. The molecule has 212 valence electrons. The van der Waals surface area contributed by atoms with Crippen LogP contribution >= 0.6 is 0 Å². The molecule has 1 aromatic carbocycles. The molecular formula is C30H43N3O5Si. The van der Waals surface area contributed by atoms with Gasteiger partial charge in [0.05, 0.1) is 17.1 Å². The summed E-state index contributed by atoms with van der Waals surface area (Å²) in [6.07, 6.45) is 0.810. The highest BCUT2D eigenvalue weighted by Crippen LogP contribution is 2.39. The molecule has 1 atom stereocenters.